The number of carbonyl (C=O) groups excluding carboxylic acids is 1. The topological polar surface area (TPSA) is 41.9 Å². The quantitative estimate of drug-likeness (QED) is 0.440. The Bertz CT molecular complexity index is 905. The van der Waals surface area contributed by atoms with Crippen LogP contribution >= 0.6 is 11.8 Å². The highest BCUT2D eigenvalue weighted by Crippen LogP contribution is 2.35. The minimum Gasteiger partial charge on any atom is -0.493 e. The summed E-state index contributed by atoms with van der Waals surface area (Å²) in [5.41, 5.74) is 2.90. The number of ether oxygens (including phenoxy) is 1. The molecule has 3 rings (SSSR count). The van der Waals surface area contributed by atoms with Crippen molar-refractivity contribution in [2.24, 2.45) is 4.99 Å². The average Bonchev–Trinajstić information content (AvgIpc) is 2.99. The Labute approximate surface area is 171 Å². The lowest BCUT2D eigenvalue weighted by Gasteiger charge is -2.12. The molecule has 146 valence electrons. The summed E-state index contributed by atoms with van der Waals surface area (Å²) in [6, 6.07) is 15.8. The highest BCUT2D eigenvalue weighted by Gasteiger charge is 2.32. The number of amidine groups is 1. The third kappa shape index (κ3) is 4.65. The molecule has 2 aromatic carbocycles. The van der Waals surface area contributed by atoms with Crippen LogP contribution in [0.1, 0.15) is 37.8 Å². The molecule has 0 radical (unpaired) electrons. The SMILES string of the molecule is CCCCOc1ccccc1/C=C1/SC(=Nc2ccccc2C)N(CC)C1=O. The van der Waals surface area contributed by atoms with Crippen LogP contribution in [0.5, 0.6) is 5.75 Å². The van der Waals surface area contributed by atoms with Crippen molar-refractivity contribution in [2.75, 3.05) is 13.2 Å². The van der Waals surface area contributed by atoms with E-state index in [1.165, 1.54) is 11.8 Å². The lowest BCUT2D eigenvalue weighted by Crippen LogP contribution is -2.28. The van der Waals surface area contributed by atoms with Gasteiger partial charge >= 0.3 is 0 Å². The van der Waals surface area contributed by atoms with Crippen LogP contribution in [0.3, 0.4) is 0 Å². The first kappa shape index (κ1) is 20.2. The van der Waals surface area contributed by atoms with Crippen molar-refractivity contribution < 1.29 is 9.53 Å². The van der Waals surface area contributed by atoms with Crippen LogP contribution in [-0.4, -0.2) is 29.1 Å². The molecule has 0 spiro atoms. The first-order valence-corrected chi connectivity index (χ1v) is 10.5. The Morgan fingerprint density at radius 3 is 2.61 bits per heavy atom. The van der Waals surface area contributed by atoms with Crippen molar-refractivity contribution in [2.45, 2.75) is 33.6 Å². The van der Waals surface area contributed by atoms with Crippen molar-refractivity contribution >= 4 is 34.6 Å². The lowest BCUT2D eigenvalue weighted by molar-refractivity contribution is -0.122. The fraction of sp³-hybridized carbons (Fsp3) is 0.304. The Morgan fingerprint density at radius 2 is 1.86 bits per heavy atom. The predicted molar refractivity (Wildman–Crippen MR) is 118 cm³/mol. The van der Waals surface area contributed by atoms with Crippen molar-refractivity contribution in [3.05, 3.63) is 64.6 Å². The normalized spacial score (nSPS) is 17.0. The summed E-state index contributed by atoms with van der Waals surface area (Å²) in [5, 5.41) is 0.720. The molecule has 1 amide bonds. The molecule has 5 heteroatoms. The number of likely N-dealkylation sites (N-methyl/N-ethyl adjacent to an activating group) is 1. The molecule has 0 aliphatic carbocycles. The smallest absolute Gasteiger partial charge is 0.266 e. The summed E-state index contributed by atoms with van der Waals surface area (Å²) in [5.74, 6) is 0.799. The molecule has 1 heterocycles. The molecule has 0 saturated carbocycles. The molecular formula is C23H26N2O2S. The lowest BCUT2D eigenvalue weighted by atomic mass is 10.2. The molecule has 0 bridgehead atoms. The Morgan fingerprint density at radius 1 is 1.11 bits per heavy atom. The minimum atomic E-state index is -0.0109. The van der Waals surface area contributed by atoms with Gasteiger partial charge in [-0.2, -0.15) is 0 Å². The van der Waals surface area contributed by atoms with E-state index in [1.54, 1.807) is 4.90 Å². The van der Waals surface area contributed by atoms with Gasteiger partial charge in [0.1, 0.15) is 5.75 Å². The molecule has 28 heavy (non-hydrogen) atoms. The van der Waals surface area contributed by atoms with E-state index in [4.69, 9.17) is 9.73 Å². The fourth-order valence-corrected chi connectivity index (χ4v) is 3.91. The number of hydrogen-bond acceptors (Lipinski definition) is 4. The number of rotatable bonds is 7. The van der Waals surface area contributed by atoms with Crippen molar-refractivity contribution in [1.29, 1.82) is 0 Å². The van der Waals surface area contributed by atoms with Crippen LogP contribution in [-0.2, 0) is 4.79 Å². The number of carbonyl (C=O) groups is 1. The summed E-state index contributed by atoms with van der Waals surface area (Å²) < 4.78 is 5.91. The third-order valence-corrected chi connectivity index (χ3v) is 5.50. The zero-order chi connectivity index (χ0) is 19.9. The number of unbranched alkanes of at least 4 members (excludes halogenated alkanes) is 1. The molecule has 1 fully saturated rings. The maximum absolute atomic E-state index is 12.9. The van der Waals surface area contributed by atoms with E-state index < -0.39 is 0 Å². The molecule has 1 aliphatic heterocycles. The zero-order valence-electron chi connectivity index (χ0n) is 16.6. The summed E-state index contributed by atoms with van der Waals surface area (Å²) in [6.07, 6.45) is 4.01. The number of benzene rings is 2. The number of thioether (sulfide) groups is 1. The molecule has 1 aliphatic rings. The summed E-state index contributed by atoms with van der Waals surface area (Å²) in [6.45, 7) is 7.40. The maximum Gasteiger partial charge on any atom is 0.266 e. The number of nitrogens with zero attached hydrogens (tertiary/aromatic N) is 2. The Kier molecular flexibility index (Phi) is 6.93. The van der Waals surface area contributed by atoms with Gasteiger partial charge < -0.3 is 4.74 Å². The molecule has 0 N–H and O–H groups in total. The second-order valence-electron chi connectivity index (χ2n) is 6.58. The van der Waals surface area contributed by atoms with E-state index in [0.717, 1.165) is 40.6 Å². The second kappa shape index (κ2) is 9.60. The van der Waals surface area contributed by atoms with Gasteiger partial charge in [0, 0.05) is 12.1 Å². The van der Waals surface area contributed by atoms with Crippen molar-refractivity contribution in [3.63, 3.8) is 0 Å². The average molecular weight is 395 g/mol. The number of aryl methyl sites for hydroxylation is 1. The number of aliphatic imine (C=N–C) groups is 1. The first-order valence-electron chi connectivity index (χ1n) is 9.71. The van der Waals surface area contributed by atoms with E-state index in [2.05, 4.69) is 6.92 Å². The largest absolute Gasteiger partial charge is 0.493 e. The van der Waals surface area contributed by atoms with Gasteiger partial charge in [0.05, 0.1) is 17.2 Å². The second-order valence-corrected chi connectivity index (χ2v) is 7.59. The van der Waals surface area contributed by atoms with E-state index in [1.807, 2.05) is 68.5 Å². The van der Waals surface area contributed by atoms with Gasteiger partial charge in [0.25, 0.3) is 5.91 Å². The van der Waals surface area contributed by atoms with Crippen LogP contribution < -0.4 is 4.74 Å². The predicted octanol–water partition coefficient (Wildman–Crippen LogP) is 5.80. The van der Waals surface area contributed by atoms with E-state index >= 15 is 0 Å². The fourth-order valence-electron chi connectivity index (χ4n) is 2.86. The molecule has 4 nitrogen and oxygen atoms in total. The van der Waals surface area contributed by atoms with Gasteiger partial charge in [-0.15, -0.1) is 0 Å². The van der Waals surface area contributed by atoms with Gasteiger partial charge in [-0.1, -0.05) is 49.7 Å². The van der Waals surface area contributed by atoms with Crippen LogP contribution in [0.4, 0.5) is 5.69 Å². The van der Waals surface area contributed by atoms with Crippen LogP contribution in [0.15, 0.2) is 58.4 Å². The van der Waals surface area contributed by atoms with Gasteiger partial charge in [-0.05, 0) is 55.8 Å². The summed E-state index contributed by atoms with van der Waals surface area (Å²) >= 11 is 1.42. The van der Waals surface area contributed by atoms with Crippen LogP contribution in [0.2, 0.25) is 0 Å². The Balaban J connectivity index is 1.90. The summed E-state index contributed by atoms with van der Waals surface area (Å²) in [7, 11) is 0. The highest BCUT2D eigenvalue weighted by atomic mass is 32.2. The molecule has 0 unspecified atom stereocenters. The minimum absolute atomic E-state index is 0.0109. The van der Waals surface area contributed by atoms with Crippen LogP contribution in [0.25, 0.3) is 6.08 Å². The number of hydrogen-bond donors (Lipinski definition) is 0. The molecule has 0 atom stereocenters. The monoisotopic (exact) mass is 394 g/mol. The van der Waals surface area contributed by atoms with Gasteiger partial charge in [-0.3, -0.25) is 9.69 Å². The summed E-state index contributed by atoms with van der Waals surface area (Å²) in [4.78, 5) is 20.1. The van der Waals surface area contributed by atoms with E-state index in [0.29, 0.717) is 18.1 Å². The number of para-hydroxylation sites is 2. The molecule has 1 saturated heterocycles. The van der Waals surface area contributed by atoms with E-state index in [-0.39, 0.29) is 5.91 Å². The van der Waals surface area contributed by atoms with E-state index in [9.17, 15) is 4.79 Å². The van der Waals surface area contributed by atoms with Gasteiger partial charge in [-0.25, -0.2) is 4.99 Å². The van der Waals surface area contributed by atoms with Crippen LogP contribution in [0, 0.1) is 6.92 Å². The zero-order valence-corrected chi connectivity index (χ0v) is 17.5. The van der Waals surface area contributed by atoms with Crippen molar-refractivity contribution in [3.8, 4) is 5.75 Å². The highest BCUT2D eigenvalue weighted by molar-refractivity contribution is 8.18. The third-order valence-electron chi connectivity index (χ3n) is 4.50. The molecular weight excluding hydrogens is 368 g/mol. The first-order chi connectivity index (χ1) is 13.6. The van der Waals surface area contributed by atoms with Gasteiger partial charge in [0.15, 0.2) is 5.17 Å². The van der Waals surface area contributed by atoms with Gasteiger partial charge in [0.2, 0.25) is 0 Å². The molecule has 0 aromatic heterocycles. The Hall–Kier alpha value is -2.53. The number of amides is 1. The maximum atomic E-state index is 12.9. The van der Waals surface area contributed by atoms with Crippen molar-refractivity contribution in [1.82, 2.24) is 4.90 Å². The standard InChI is InChI=1S/C23H26N2O2S/c1-4-6-15-27-20-14-10-8-12-18(20)16-21-22(26)25(5-2)23(28-21)24-19-13-9-7-11-17(19)3/h7-14,16H,4-6,15H2,1-3H3/b21-16+,24-23?. The molecule has 2 aromatic rings.